The minimum atomic E-state index is 0. The molecule has 0 heterocycles. The van der Waals surface area contributed by atoms with Crippen molar-refractivity contribution < 1.29 is 40.4 Å². The van der Waals surface area contributed by atoms with Crippen LogP contribution in [-0.2, 0) is 0 Å². The Morgan fingerprint density at radius 3 is 1.00 bits per heavy atom. The minimum absolute atomic E-state index is 0. The average molecular weight is 504 g/mol. The molecule has 0 aliphatic rings. The second-order valence-electron chi connectivity index (χ2n) is 0. The first kappa shape index (κ1) is 32.7. The van der Waals surface area contributed by atoms with E-state index >= 15 is 0 Å². The summed E-state index contributed by atoms with van der Waals surface area (Å²) < 4.78 is 0. The van der Waals surface area contributed by atoms with Gasteiger partial charge in [0, 0.05) is 40.4 Å². The van der Waals surface area contributed by atoms with E-state index in [2.05, 4.69) is 0 Å². The molecule has 0 aromatic carbocycles. The molecule has 0 spiro atoms. The molecule has 0 saturated heterocycles. The Hall–Kier alpha value is 4.90. The molecular formula is H10CaGaInSmSn. The van der Waals surface area contributed by atoms with Gasteiger partial charge < -0.3 is 0 Å². The van der Waals surface area contributed by atoms with Crippen molar-refractivity contribution >= 4 is 107 Å². The summed E-state index contributed by atoms with van der Waals surface area (Å²) >= 11 is 0. The summed E-state index contributed by atoms with van der Waals surface area (Å²) in [7, 11) is 0. The van der Waals surface area contributed by atoms with Crippen LogP contribution in [0.2, 0.25) is 0 Å². The molecular weight excluding hydrogens is 494 g/mol. The molecule has 5 heavy (non-hydrogen) atoms. The molecule has 0 aliphatic heterocycles. The number of rotatable bonds is 0. The van der Waals surface area contributed by atoms with E-state index in [1.807, 2.05) is 0 Å². The summed E-state index contributed by atoms with van der Waals surface area (Å²) in [6, 6.07) is 0. The van der Waals surface area contributed by atoms with Crippen LogP contribution in [0, 0.1) is 40.4 Å². The molecule has 0 fully saturated rings. The third-order valence-electron chi connectivity index (χ3n) is 0. The Morgan fingerprint density at radius 2 is 1.00 bits per heavy atom. The Labute approximate surface area is 143 Å². The van der Waals surface area contributed by atoms with Crippen LogP contribution in [-0.4, -0.2) is 107 Å². The first-order chi connectivity index (χ1) is 0. The van der Waals surface area contributed by atoms with Gasteiger partial charge in [-0.05, 0) is 0 Å². The van der Waals surface area contributed by atoms with E-state index in [-0.39, 0.29) is 148 Å². The van der Waals surface area contributed by atoms with E-state index in [9.17, 15) is 0 Å². The van der Waals surface area contributed by atoms with Gasteiger partial charge in [-0.2, -0.15) is 0 Å². The van der Waals surface area contributed by atoms with Gasteiger partial charge in [0.1, 0.15) is 0 Å². The fraction of sp³-hybridized carbons (Fsp3) is 0. The van der Waals surface area contributed by atoms with Gasteiger partial charge in [-0.15, -0.1) is 0 Å². The molecule has 2 radical (unpaired) electrons. The Kier molecular flexibility index (Phi) is 151. The predicted molar refractivity (Wildman–Crippen MR) is 37.0 cm³/mol. The van der Waals surface area contributed by atoms with Crippen LogP contribution < -0.4 is 0 Å². The molecule has 0 saturated carbocycles. The monoisotopic (exact) mass is 506 g/mol. The molecule has 0 unspecified atom stereocenters. The fourth-order valence-electron chi connectivity index (χ4n) is 0. The van der Waals surface area contributed by atoms with Crippen LogP contribution in [0.1, 0.15) is 0 Å². The summed E-state index contributed by atoms with van der Waals surface area (Å²) in [5.41, 5.74) is 0. The van der Waals surface area contributed by atoms with Gasteiger partial charge in [-0.3, -0.25) is 0 Å². The van der Waals surface area contributed by atoms with Crippen molar-refractivity contribution in [2.24, 2.45) is 0 Å². The summed E-state index contributed by atoms with van der Waals surface area (Å²) in [6.07, 6.45) is 0. The molecule has 0 aromatic heterocycles. The van der Waals surface area contributed by atoms with Crippen molar-refractivity contribution in [3.05, 3.63) is 0 Å². The van der Waals surface area contributed by atoms with Crippen LogP contribution in [0.25, 0.3) is 0 Å². The molecule has 0 bridgehead atoms. The number of hydrogen-bond acceptors (Lipinski definition) is 0. The van der Waals surface area contributed by atoms with E-state index in [1.54, 1.807) is 0 Å². The van der Waals surface area contributed by atoms with Crippen LogP contribution in [0.3, 0.4) is 0 Å². The van der Waals surface area contributed by atoms with Crippen LogP contribution in [0.5, 0.6) is 0 Å². The van der Waals surface area contributed by atoms with Gasteiger partial charge in [0.05, 0.1) is 0 Å². The first-order valence-electron chi connectivity index (χ1n) is 0. The summed E-state index contributed by atoms with van der Waals surface area (Å²) in [5, 5.41) is 0. The zero-order valence-corrected chi connectivity index (χ0v) is 7.77. The SMILES string of the molecule is [CaH2].[GaH3].[InH3].[Sm].[SnH2]. The van der Waals surface area contributed by atoms with E-state index in [4.69, 9.17) is 0 Å². The molecule has 0 atom stereocenters. The molecule has 0 aliphatic carbocycles. The second kappa shape index (κ2) is 23.1. The number of hydrogen-bond donors (Lipinski definition) is 0. The first-order valence-corrected chi connectivity index (χ1v) is 0. The van der Waals surface area contributed by atoms with Gasteiger partial charge in [-0.25, -0.2) is 0 Å². The molecule has 0 aromatic rings. The third-order valence-corrected chi connectivity index (χ3v) is 0. The van der Waals surface area contributed by atoms with Crippen molar-refractivity contribution in [3.8, 4) is 0 Å². The molecule has 0 N–H and O–H groups in total. The van der Waals surface area contributed by atoms with Gasteiger partial charge in [0.15, 0.2) is 0 Å². The second-order valence-corrected chi connectivity index (χ2v) is 0. The van der Waals surface area contributed by atoms with Gasteiger partial charge in [-0.1, -0.05) is 0 Å². The van der Waals surface area contributed by atoms with Crippen LogP contribution in [0.4, 0.5) is 0 Å². The van der Waals surface area contributed by atoms with Gasteiger partial charge in [0.2, 0.25) is 0 Å². The fourth-order valence-corrected chi connectivity index (χ4v) is 0. The standard InChI is InChI=1S/Ca.Ga.In.Sm.Sn.10H. The van der Waals surface area contributed by atoms with E-state index in [0.717, 1.165) is 0 Å². The van der Waals surface area contributed by atoms with E-state index in [1.165, 1.54) is 0 Å². The normalized spacial score (nSPS) is 0. The van der Waals surface area contributed by atoms with Crippen molar-refractivity contribution in [2.45, 2.75) is 0 Å². The van der Waals surface area contributed by atoms with Crippen molar-refractivity contribution in [3.63, 3.8) is 0 Å². The molecule has 5 heteroatoms. The zero-order chi connectivity index (χ0) is 0. The third kappa shape index (κ3) is 17.6. The topological polar surface area (TPSA) is 0 Å². The Morgan fingerprint density at radius 1 is 1.00 bits per heavy atom. The summed E-state index contributed by atoms with van der Waals surface area (Å²) in [5.74, 6) is 0. The molecule has 0 rings (SSSR count). The maximum absolute atomic E-state index is 0. The molecule has 0 amide bonds. The van der Waals surface area contributed by atoms with Crippen molar-refractivity contribution in [1.82, 2.24) is 0 Å². The summed E-state index contributed by atoms with van der Waals surface area (Å²) in [6.45, 7) is 0. The van der Waals surface area contributed by atoms with E-state index < -0.39 is 0 Å². The van der Waals surface area contributed by atoms with Gasteiger partial charge in [0.25, 0.3) is 0 Å². The average Bonchev–Trinajstić information content (AvgIpc) is 0. The Balaban J connectivity index is 0. The molecule has 28 valence electrons. The maximum atomic E-state index is 0. The quantitative estimate of drug-likeness (QED) is 0.294. The van der Waals surface area contributed by atoms with Crippen molar-refractivity contribution in [1.29, 1.82) is 0 Å². The van der Waals surface area contributed by atoms with E-state index in [0.29, 0.717) is 0 Å². The van der Waals surface area contributed by atoms with Crippen molar-refractivity contribution in [2.75, 3.05) is 0 Å². The van der Waals surface area contributed by atoms with Gasteiger partial charge >= 0.3 is 107 Å². The Bertz CT molecular complexity index is 11.6. The summed E-state index contributed by atoms with van der Waals surface area (Å²) in [4.78, 5) is 0. The van der Waals surface area contributed by atoms with Crippen LogP contribution in [0.15, 0.2) is 0 Å². The van der Waals surface area contributed by atoms with Crippen LogP contribution >= 0.6 is 0 Å². The molecule has 0 nitrogen and oxygen atoms in total. The zero-order valence-electron chi connectivity index (χ0n) is 1.12. The predicted octanol–water partition coefficient (Wildman–Crippen LogP) is -4.20.